The van der Waals surface area contributed by atoms with Crippen LogP contribution in [0.25, 0.3) is 0 Å². The lowest BCUT2D eigenvalue weighted by Gasteiger charge is -2.39. The predicted molar refractivity (Wildman–Crippen MR) is 76.4 cm³/mol. The first-order valence-electron chi connectivity index (χ1n) is 7.64. The number of ether oxygens (including phenoxy) is 2. The molecule has 0 aromatic carbocycles. The van der Waals surface area contributed by atoms with E-state index in [4.69, 9.17) is 15.2 Å². The lowest BCUT2D eigenvalue weighted by Crippen LogP contribution is -2.43. The van der Waals surface area contributed by atoms with Gasteiger partial charge in [-0.25, -0.2) is 0 Å². The van der Waals surface area contributed by atoms with Gasteiger partial charge in [0.1, 0.15) is 0 Å². The molecule has 3 atom stereocenters. The number of hydrogen-bond acceptors (Lipinski definition) is 4. The van der Waals surface area contributed by atoms with E-state index in [0.717, 1.165) is 56.9 Å². The zero-order chi connectivity index (χ0) is 14.2. The van der Waals surface area contributed by atoms with E-state index in [0.29, 0.717) is 5.92 Å². The lowest BCUT2D eigenvalue weighted by atomic mass is 9.80. The second-order valence-corrected chi connectivity index (χ2v) is 6.15. The van der Waals surface area contributed by atoms with E-state index in [1.54, 1.807) is 0 Å². The topological polar surface area (TPSA) is 62.3 Å². The summed E-state index contributed by atoms with van der Waals surface area (Å²) in [5.41, 5.74) is 8.71. The van der Waals surface area contributed by atoms with Crippen LogP contribution in [-0.2, 0) is 22.9 Å². The van der Waals surface area contributed by atoms with Crippen LogP contribution in [0.15, 0.2) is 6.07 Å². The summed E-state index contributed by atoms with van der Waals surface area (Å²) in [6.07, 6.45) is 3.98. The average molecular weight is 279 g/mol. The first kappa shape index (κ1) is 14.0. The van der Waals surface area contributed by atoms with Crippen molar-refractivity contribution in [3.8, 4) is 0 Å². The molecule has 2 fully saturated rings. The molecule has 1 spiro atoms. The van der Waals surface area contributed by atoms with Crippen molar-refractivity contribution in [1.29, 1.82) is 0 Å². The van der Waals surface area contributed by atoms with Crippen LogP contribution in [0.5, 0.6) is 0 Å². The number of hydrogen-bond donors (Lipinski definition) is 1. The monoisotopic (exact) mass is 279 g/mol. The molecule has 0 radical (unpaired) electrons. The van der Waals surface area contributed by atoms with Crippen molar-refractivity contribution in [2.24, 2.45) is 18.7 Å². The van der Waals surface area contributed by atoms with Crippen molar-refractivity contribution in [3.05, 3.63) is 17.5 Å². The molecule has 2 aliphatic rings. The summed E-state index contributed by atoms with van der Waals surface area (Å²) in [5.74, 6) is 0.450. The van der Waals surface area contributed by atoms with E-state index >= 15 is 0 Å². The highest BCUT2D eigenvalue weighted by Gasteiger charge is 2.43. The molecular weight excluding hydrogens is 254 g/mol. The third kappa shape index (κ3) is 2.50. The Morgan fingerprint density at radius 1 is 1.55 bits per heavy atom. The third-order valence-electron chi connectivity index (χ3n) is 4.78. The van der Waals surface area contributed by atoms with Crippen LogP contribution in [0.2, 0.25) is 0 Å². The summed E-state index contributed by atoms with van der Waals surface area (Å²) >= 11 is 0. The number of nitrogens with two attached hydrogens (primary N) is 1. The molecule has 1 aromatic heterocycles. The molecule has 0 amide bonds. The maximum atomic E-state index is 6.53. The van der Waals surface area contributed by atoms with Crippen molar-refractivity contribution < 1.29 is 9.47 Å². The van der Waals surface area contributed by atoms with Gasteiger partial charge in [0.05, 0.1) is 23.6 Å². The minimum absolute atomic E-state index is 0.0363. The Balaban J connectivity index is 1.75. The van der Waals surface area contributed by atoms with Crippen molar-refractivity contribution >= 4 is 0 Å². The Morgan fingerprint density at radius 3 is 3.05 bits per heavy atom. The molecule has 20 heavy (non-hydrogen) atoms. The molecule has 0 bridgehead atoms. The molecule has 2 N–H and O–H groups in total. The van der Waals surface area contributed by atoms with Crippen molar-refractivity contribution in [1.82, 2.24) is 9.78 Å². The molecule has 3 rings (SSSR count). The Morgan fingerprint density at radius 2 is 2.40 bits per heavy atom. The smallest absolute Gasteiger partial charge is 0.0940 e. The highest BCUT2D eigenvalue weighted by atomic mass is 16.6. The summed E-state index contributed by atoms with van der Waals surface area (Å²) in [5, 5.41) is 4.51. The lowest BCUT2D eigenvalue weighted by molar-refractivity contribution is -0.102. The van der Waals surface area contributed by atoms with E-state index in [1.807, 2.05) is 11.7 Å². The highest BCUT2D eigenvalue weighted by molar-refractivity contribution is 5.15. The standard InChI is InChI=1S/C15H25N3O2/c1-3-12-8-13(18(2)17-12)14(16)11-4-6-20-15(9-11)5-7-19-10-15/h8,11,14H,3-7,9-10,16H2,1-2H3. The molecule has 0 saturated carbocycles. The molecular formula is C15H25N3O2. The maximum absolute atomic E-state index is 6.53. The van der Waals surface area contributed by atoms with Crippen molar-refractivity contribution in [2.75, 3.05) is 19.8 Å². The van der Waals surface area contributed by atoms with Crippen LogP contribution in [0, 0.1) is 5.92 Å². The number of rotatable bonds is 3. The normalized spacial score (nSPS) is 31.9. The summed E-state index contributed by atoms with van der Waals surface area (Å²) in [7, 11) is 1.99. The minimum Gasteiger partial charge on any atom is -0.378 e. The number of aryl methyl sites for hydroxylation is 2. The van der Waals surface area contributed by atoms with Gasteiger partial charge in [-0.1, -0.05) is 6.92 Å². The molecule has 2 aliphatic heterocycles. The fraction of sp³-hybridized carbons (Fsp3) is 0.800. The van der Waals surface area contributed by atoms with Crippen molar-refractivity contribution in [3.63, 3.8) is 0 Å². The van der Waals surface area contributed by atoms with Gasteiger partial charge in [-0.3, -0.25) is 4.68 Å². The van der Waals surface area contributed by atoms with Gasteiger partial charge in [0, 0.05) is 32.7 Å². The van der Waals surface area contributed by atoms with Gasteiger partial charge in [0.15, 0.2) is 0 Å². The van der Waals surface area contributed by atoms with Crippen LogP contribution in [0.1, 0.15) is 43.6 Å². The van der Waals surface area contributed by atoms with Crippen molar-refractivity contribution in [2.45, 2.75) is 44.2 Å². The second-order valence-electron chi connectivity index (χ2n) is 6.15. The molecule has 112 valence electrons. The largest absolute Gasteiger partial charge is 0.378 e. The number of nitrogens with zero attached hydrogens (tertiary/aromatic N) is 2. The first-order chi connectivity index (χ1) is 9.63. The van der Waals surface area contributed by atoms with E-state index in [2.05, 4.69) is 18.1 Å². The molecule has 1 aromatic rings. The quantitative estimate of drug-likeness (QED) is 0.912. The first-order valence-corrected chi connectivity index (χ1v) is 7.64. The van der Waals surface area contributed by atoms with Crippen LogP contribution in [-0.4, -0.2) is 35.2 Å². The van der Waals surface area contributed by atoms with E-state index in [1.165, 1.54) is 0 Å². The van der Waals surface area contributed by atoms with E-state index in [-0.39, 0.29) is 11.6 Å². The summed E-state index contributed by atoms with van der Waals surface area (Å²) in [4.78, 5) is 0. The van der Waals surface area contributed by atoms with E-state index < -0.39 is 0 Å². The maximum Gasteiger partial charge on any atom is 0.0940 e. The van der Waals surface area contributed by atoms with Crippen LogP contribution < -0.4 is 5.73 Å². The molecule has 5 nitrogen and oxygen atoms in total. The van der Waals surface area contributed by atoms with Crippen LogP contribution >= 0.6 is 0 Å². The van der Waals surface area contributed by atoms with Gasteiger partial charge < -0.3 is 15.2 Å². The van der Waals surface area contributed by atoms with Gasteiger partial charge >= 0.3 is 0 Å². The molecule has 3 unspecified atom stereocenters. The Bertz CT molecular complexity index is 466. The summed E-state index contributed by atoms with van der Waals surface area (Å²) in [6.45, 7) is 4.45. The van der Waals surface area contributed by atoms with E-state index in [9.17, 15) is 0 Å². The van der Waals surface area contributed by atoms with Crippen LogP contribution in [0.4, 0.5) is 0 Å². The number of aromatic nitrogens is 2. The Hall–Kier alpha value is -0.910. The zero-order valence-corrected chi connectivity index (χ0v) is 12.5. The fourth-order valence-corrected chi connectivity index (χ4v) is 3.51. The predicted octanol–water partition coefficient (Wildman–Crippen LogP) is 1.57. The molecule has 3 heterocycles. The van der Waals surface area contributed by atoms with Crippen LogP contribution in [0.3, 0.4) is 0 Å². The third-order valence-corrected chi connectivity index (χ3v) is 4.78. The SMILES string of the molecule is CCc1cc(C(N)C2CCOC3(CCOC3)C2)n(C)n1. The molecule has 2 saturated heterocycles. The van der Waals surface area contributed by atoms with Gasteiger partial charge in [0.2, 0.25) is 0 Å². The Kier molecular flexibility index (Phi) is 3.84. The van der Waals surface area contributed by atoms with Gasteiger partial charge in [-0.05, 0) is 31.2 Å². The minimum atomic E-state index is -0.0767. The fourth-order valence-electron chi connectivity index (χ4n) is 3.51. The summed E-state index contributed by atoms with van der Waals surface area (Å²) in [6, 6.07) is 2.19. The van der Waals surface area contributed by atoms with Gasteiger partial charge in [-0.15, -0.1) is 0 Å². The average Bonchev–Trinajstić information content (AvgIpc) is 3.05. The zero-order valence-electron chi connectivity index (χ0n) is 12.5. The van der Waals surface area contributed by atoms with Gasteiger partial charge in [0.25, 0.3) is 0 Å². The second kappa shape index (κ2) is 5.47. The highest BCUT2D eigenvalue weighted by Crippen LogP contribution is 2.40. The summed E-state index contributed by atoms with van der Waals surface area (Å²) < 4.78 is 13.5. The molecule has 5 heteroatoms. The van der Waals surface area contributed by atoms with Gasteiger partial charge in [-0.2, -0.15) is 5.10 Å². The molecule has 0 aliphatic carbocycles. The Labute approximate surface area is 120 Å².